The van der Waals surface area contributed by atoms with Gasteiger partial charge in [-0.1, -0.05) is 29.3 Å². The van der Waals surface area contributed by atoms with Gasteiger partial charge in [-0.2, -0.15) is 8.78 Å². The first-order valence-electron chi connectivity index (χ1n) is 3.62. The summed E-state index contributed by atoms with van der Waals surface area (Å²) < 4.78 is 29.9. The minimum Gasteiger partial charge on any atom is -0.430 e. The predicted octanol–water partition coefficient (Wildman–Crippen LogP) is 3.04. The molecule has 0 saturated carbocycles. The van der Waals surface area contributed by atoms with Crippen LogP contribution in [0.2, 0.25) is 0 Å². The highest BCUT2D eigenvalue weighted by atomic mass is 35.5. The van der Waals surface area contributed by atoms with Crippen LogP contribution in [0.25, 0.3) is 0 Å². The number of nitrogen functional groups attached to an aromatic ring is 1. The normalized spacial score (nSPS) is 11.8. The number of alkyl halides is 4. The first-order chi connectivity index (χ1) is 6.42. The second-order valence-corrected chi connectivity index (χ2v) is 3.63. The number of anilines is 1. The van der Waals surface area contributed by atoms with Crippen LogP contribution in [0.4, 0.5) is 14.5 Å². The van der Waals surface area contributed by atoms with Gasteiger partial charge < -0.3 is 10.5 Å². The van der Waals surface area contributed by atoms with Gasteiger partial charge in [-0.15, -0.1) is 0 Å². The minimum absolute atomic E-state index is 0.0821. The van der Waals surface area contributed by atoms with Gasteiger partial charge >= 0.3 is 6.11 Å². The van der Waals surface area contributed by atoms with Crippen molar-refractivity contribution in [3.05, 3.63) is 24.3 Å². The smallest absolute Gasteiger partial charge is 0.428 e. The number of rotatable bonds is 3. The summed E-state index contributed by atoms with van der Waals surface area (Å²) in [5.74, 6) is -0.0821. The number of nitrogens with two attached hydrogens (primary N) is 1. The Morgan fingerprint density at radius 2 is 2.00 bits per heavy atom. The van der Waals surface area contributed by atoms with E-state index in [0.29, 0.717) is 5.69 Å². The molecule has 1 rings (SSSR count). The van der Waals surface area contributed by atoms with Crippen LogP contribution in [-0.2, 0) is 0 Å². The SMILES string of the molecule is Nc1cccc(OC(F)(F)C(Cl)Cl)c1. The molecule has 0 aromatic heterocycles. The minimum atomic E-state index is -3.63. The van der Waals surface area contributed by atoms with Crippen LogP contribution in [0.3, 0.4) is 0 Å². The van der Waals surface area contributed by atoms with Gasteiger partial charge in [0, 0.05) is 11.8 Å². The second-order valence-electron chi connectivity index (χ2n) is 2.54. The fourth-order valence-corrected chi connectivity index (χ4v) is 0.869. The standard InChI is InChI=1S/C8H7Cl2F2NO/c9-7(10)8(11,12)14-6-3-1-2-5(13)4-6/h1-4,7H,13H2. The zero-order valence-corrected chi connectivity index (χ0v) is 8.40. The molecule has 1 aromatic rings. The summed E-state index contributed by atoms with van der Waals surface area (Å²) in [6.07, 6.45) is -3.63. The first kappa shape index (κ1) is 11.3. The molecule has 0 aliphatic carbocycles. The van der Waals surface area contributed by atoms with Gasteiger partial charge in [0.25, 0.3) is 0 Å². The van der Waals surface area contributed by atoms with Crippen molar-refractivity contribution in [2.45, 2.75) is 10.9 Å². The monoisotopic (exact) mass is 241 g/mol. The molecule has 0 bridgehead atoms. The maximum Gasteiger partial charge on any atom is 0.428 e. The molecule has 0 unspecified atom stereocenters. The average molecular weight is 242 g/mol. The van der Waals surface area contributed by atoms with Gasteiger partial charge in [-0.05, 0) is 12.1 Å². The van der Waals surface area contributed by atoms with E-state index in [1.165, 1.54) is 18.2 Å². The molecule has 2 nitrogen and oxygen atoms in total. The highest BCUT2D eigenvalue weighted by Crippen LogP contribution is 2.30. The molecule has 2 N–H and O–H groups in total. The Balaban J connectivity index is 2.78. The summed E-state index contributed by atoms with van der Waals surface area (Å²) in [4.78, 5) is -1.93. The highest BCUT2D eigenvalue weighted by Gasteiger charge is 2.40. The molecule has 14 heavy (non-hydrogen) atoms. The van der Waals surface area contributed by atoms with Crippen LogP contribution in [0, 0.1) is 0 Å². The van der Waals surface area contributed by atoms with Crippen LogP contribution in [-0.4, -0.2) is 10.9 Å². The van der Waals surface area contributed by atoms with E-state index < -0.39 is 10.9 Å². The van der Waals surface area contributed by atoms with E-state index in [1.54, 1.807) is 6.07 Å². The van der Waals surface area contributed by atoms with Crippen molar-refractivity contribution in [2.24, 2.45) is 0 Å². The molecule has 78 valence electrons. The Kier molecular flexibility index (Phi) is 3.39. The lowest BCUT2D eigenvalue weighted by Crippen LogP contribution is -2.32. The van der Waals surface area contributed by atoms with Crippen LogP contribution in [0.1, 0.15) is 0 Å². The molecule has 0 spiro atoms. The van der Waals surface area contributed by atoms with Crippen molar-refractivity contribution in [3.63, 3.8) is 0 Å². The van der Waals surface area contributed by atoms with Gasteiger partial charge in [0.15, 0.2) is 0 Å². The third-order valence-electron chi connectivity index (χ3n) is 1.37. The van der Waals surface area contributed by atoms with Gasteiger partial charge in [-0.3, -0.25) is 0 Å². The Bertz CT molecular complexity index is 320. The number of hydrogen-bond donors (Lipinski definition) is 1. The molecule has 0 amide bonds. The van der Waals surface area contributed by atoms with Crippen molar-refractivity contribution in [1.29, 1.82) is 0 Å². The molecule has 0 aliphatic heterocycles. The largest absolute Gasteiger partial charge is 0.430 e. The summed E-state index contributed by atoms with van der Waals surface area (Å²) in [5.41, 5.74) is 5.68. The first-order valence-corrected chi connectivity index (χ1v) is 4.49. The van der Waals surface area contributed by atoms with E-state index in [9.17, 15) is 8.78 Å². The Labute approximate surface area is 89.6 Å². The molecule has 0 radical (unpaired) electrons. The van der Waals surface area contributed by atoms with Gasteiger partial charge in [0.2, 0.25) is 4.84 Å². The van der Waals surface area contributed by atoms with Crippen molar-refractivity contribution in [2.75, 3.05) is 5.73 Å². The maximum atomic E-state index is 12.8. The molecular formula is C8H7Cl2F2NO. The van der Waals surface area contributed by atoms with Gasteiger partial charge in [0.1, 0.15) is 5.75 Å². The predicted molar refractivity (Wildman–Crippen MR) is 51.9 cm³/mol. The zero-order chi connectivity index (χ0) is 10.8. The summed E-state index contributed by atoms with van der Waals surface area (Å²) in [6, 6.07) is 5.62. The molecule has 6 heteroatoms. The Morgan fingerprint density at radius 3 is 2.50 bits per heavy atom. The molecule has 0 aliphatic rings. The second kappa shape index (κ2) is 4.19. The quantitative estimate of drug-likeness (QED) is 0.653. The number of benzene rings is 1. The lowest BCUT2D eigenvalue weighted by Gasteiger charge is -2.18. The molecular weight excluding hydrogens is 235 g/mol. The van der Waals surface area contributed by atoms with Crippen LogP contribution in [0.5, 0.6) is 5.75 Å². The highest BCUT2D eigenvalue weighted by molar-refractivity contribution is 6.44. The Morgan fingerprint density at radius 1 is 1.36 bits per heavy atom. The summed E-state index contributed by atoms with van der Waals surface area (Å²) in [5, 5.41) is 0. The molecule has 0 heterocycles. The van der Waals surface area contributed by atoms with E-state index in [4.69, 9.17) is 28.9 Å². The van der Waals surface area contributed by atoms with Gasteiger partial charge in [-0.25, -0.2) is 0 Å². The van der Waals surface area contributed by atoms with Crippen LogP contribution >= 0.6 is 23.2 Å². The fourth-order valence-electron chi connectivity index (χ4n) is 0.780. The van der Waals surface area contributed by atoms with Crippen LogP contribution in [0.15, 0.2) is 24.3 Å². The van der Waals surface area contributed by atoms with E-state index >= 15 is 0 Å². The Hall–Kier alpha value is -0.740. The summed E-state index contributed by atoms with van der Waals surface area (Å²) in [6.45, 7) is 0. The lowest BCUT2D eigenvalue weighted by molar-refractivity contribution is -0.163. The van der Waals surface area contributed by atoms with E-state index in [0.717, 1.165) is 0 Å². The molecule has 0 saturated heterocycles. The van der Waals surface area contributed by atoms with Gasteiger partial charge in [0.05, 0.1) is 0 Å². The number of halogens is 4. The fraction of sp³-hybridized carbons (Fsp3) is 0.250. The van der Waals surface area contributed by atoms with Crippen molar-refractivity contribution >= 4 is 28.9 Å². The molecule has 1 aromatic carbocycles. The number of ether oxygens (including phenoxy) is 1. The topological polar surface area (TPSA) is 35.2 Å². The average Bonchev–Trinajstić information content (AvgIpc) is 2.02. The van der Waals surface area contributed by atoms with Crippen molar-refractivity contribution in [1.82, 2.24) is 0 Å². The molecule has 0 atom stereocenters. The van der Waals surface area contributed by atoms with Crippen molar-refractivity contribution in [3.8, 4) is 5.75 Å². The third-order valence-corrected chi connectivity index (χ3v) is 1.87. The number of hydrogen-bond acceptors (Lipinski definition) is 2. The zero-order valence-electron chi connectivity index (χ0n) is 6.88. The maximum absolute atomic E-state index is 12.8. The van der Waals surface area contributed by atoms with Crippen LogP contribution < -0.4 is 10.5 Å². The van der Waals surface area contributed by atoms with E-state index in [-0.39, 0.29) is 5.75 Å². The van der Waals surface area contributed by atoms with E-state index in [1.807, 2.05) is 0 Å². The molecule has 0 fully saturated rings. The lowest BCUT2D eigenvalue weighted by atomic mass is 10.3. The third kappa shape index (κ3) is 2.89. The summed E-state index contributed by atoms with van der Waals surface area (Å²) in [7, 11) is 0. The van der Waals surface area contributed by atoms with Crippen molar-refractivity contribution < 1.29 is 13.5 Å². The van der Waals surface area contributed by atoms with E-state index in [2.05, 4.69) is 4.74 Å². The summed E-state index contributed by atoms with van der Waals surface area (Å²) >= 11 is 10.0.